The molecular weight excluding hydrogens is 332 g/mol. The maximum absolute atomic E-state index is 12.7. The summed E-state index contributed by atoms with van der Waals surface area (Å²) in [7, 11) is 1.43. The molecule has 3 aliphatic carbocycles. The second-order valence-corrected chi connectivity index (χ2v) is 9.16. The van der Waals surface area contributed by atoms with Crippen LogP contribution in [-0.4, -0.2) is 35.5 Å². The van der Waals surface area contributed by atoms with Gasteiger partial charge in [-0.25, -0.2) is 0 Å². The molecule has 8 atom stereocenters. The first-order chi connectivity index (χ1) is 12.2. The van der Waals surface area contributed by atoms with E-state index >= 15 is 0 Å². The number of aliphatic hydroxyl groups is 2. The van der Waals surface area contributed by atoms with Gasteiger partial charge in [0.25, 0.3) is 0 Å². The van der Waals surface area contributed by atoms with Crippen molar-refractivity contribution in [3.8, 4) is 0 Å². The molecule has 2 N–H and O–H groups in total. The van der Waals surface area contributed by atoms with Crippen molar-refractivity contribution in [1.29, 1.82) is 0 Å². The summed E-state index contributed by atoms with van der Waals surface area (Å²) >= 11 is 0. The summed E-state index contributed by atoms with van der Waals surface area (Å²) in [6.07, 6.45) is 3.14. The van der Waals surface area contributed by atoms with Gasteiger partial charge >= 0.3 is 5.97 Å². The number of ether oxygens (including phenoxy) is 1. The van der Waals surface area contributed by atoms with Crippen LogP contribution < -0.4 is 0 Å². The van der Waals surface area contributed by atoms with Crippen LogP contribution in [0.15, 0.2) is 16.7 Å². The highest BCUT2D eigenvalue weighted by atomic mass is 16.5. The molecule has 0 saturated heterocycles. The summed E-state index contributed by atoms with van der Waals surface area (Å²) in [5.74, 6) is 0.930. The SMILES string of the molecule is COC(=O)C1(C)CCC(O)C2(C)C3Cc4occc4C(C)C3C(O)CC12. The molecule has 144 valence electrons. The van der Waals surface area contributed by atoms with Gasteiger partial charge in [-0.15, -0.1) is 0 Å². The van der Waals surface area contributed by atoms with Crippen LogP contribution in [0.5, 0.6) is 0 Å². The second kappa shape index (κ2) is 5.83. The van der Waals surface area contributed by atoms with E-state index in [1.165, 1.54) is 12.7 Å². The highest BCUT2D eigenvalue weighted by Gasteiger charge is 2.65. The van der Waals surface area contributed by atoms with Crippen LogP contribution in [-0.2, 0) is 16.0 Å². The summed E-state index contributed by atoms with van der Waals surface area (Å²) < 4.78 is 10.9. The average molecular weight is 362 g/mol. The molecule has 3 aliphatic rings. The molecule has 0 aliphatic heterocycles. The molecule has 1 aromatic heterocycles. The average Bonchev–Trinajstić information content (AvgIpc) is 3.09. The lowest BCUT2D eigenvalue weighted by Gasteiger charge is -2.63. The Bertz CT molecular complexity index is 711. The lowest BCUT2D eigenvalue weighted by molar-refractivity contribution is -0.214. The lowest BCUT2D eigenvalue weighted by atomic mass is 9.42. The number of hydrogen-bond acceptors (Lipinski definition) is 5. The first-order valence-corrected chi connectivity index (χ1v) is 9.76. The van der Waals surface area contributed by atoms with E-state index in [1.54, 1.807) is 6.26 Å². The molecule has 5 nitrogen and oxygen atoms in total. The predicted molar refractivity (Wildman–Crippen MR) is 95.4 cm³/mol. The van der Waals surface area contributed by atoms with E-state index in [1.807, 2.05) is 13.0 Å². The van der Waals surface area contributed by atoms with Crippen LogP contribution in [0.3, 0.4) is 0 Å². The van der Waals surface area contributed by atoms with Gasteiger partial charge in [0.15, 0.2) is 0 Å². The third-order valence-corrected chi connectivity index (χ3v) is 8.26. The molecule has 0 bridgehead atoms. The number of fused-ring (bicyclic) bond motifs is 4. The Morgan fingerprint density at radius 3 is 2.77 bits per heavy atom. The van der Waals surface area contributed by atoms with Crippen LogP contribution in [0.2, 0.25) is 0 Å². The Morgan fingerprint density at radius 2 is 2.08 bits per heavy atom. The summed E-state index contributed by atoms with van der Waals surface area (Å²) in [4.78, 5) is 12.7. The fourth-order valence-corrected chi connectivity index (χ4v) is 6.79. The van der Waals surface area contributed by atoms with Gasteiger partial charge in [0.1, 0.15) is 5.76 Å². The molecular formula is C21H30O5. The van der Waals surface area contributed by atoms with Gasteiger partial charge in [-0.3, -0.25) is 4.79 Å². The third kappa shape index (κ3) is 2.13. The minimum atomic E-state index is -0.679. The van der Waals surface area contributed by atoms with E-state index in [2.05, 4.69) is 13.8 Å². The second-order valence-electron chi connectivity index (χ2n) is 9.16. The summed E-state index contributed by atoms with van der Waals surface area (Å²) in [6, 6.07) is 2.01. The maximum atomic E-state index is 12.7. The molecule has 5 heteroatoms. The number of aliphatic hydroxyl groups excluding tert-OH is 2. The summed E-state index contributed by atoms with van der Waals surface area (Å²) in [5, 5.41) is 22.2. The van der Waals surface area contributed by atoms with Gasteiger partial charge < -0.3 is 19.4 Å². The quantitative estimate of drug-likeness (QED) is 0.751. The Morgan fingerprint density at radius 1 is 1.35 bits per heavy atom. The van der Waals surface area contributed by atoms with Gasteiger partial charge in [-0.2, -0.15) is 0 Å². The highest BCUT2D eigenvalue weighted by Crippen LogP contribution is 2.65. The molecule has 0 radical (unpaired) electrons. The fourth-order valence-electron chi connectivity index (χ4n) is 6.79. The smallest absolute Gasteiger partial charge is 0.311 e. The highest BCUT2D eigenvalue weighted by molar-refractivity contribution is 5.77. The third-order valence-electron chi connectivity index (χ3n) is 8.26. The minimum absolute atomic E-state index is 0.0657. The van der Waals surface area contributed by atoms with Crippen molar-refractivity contribution in [2.24, 2.45) is 28.6 Å². The van der Waals surface area contributed by atoms with Crippen LogP contribution >= 0.6 is 0 Å². The van der Waals surface area contributed by atoms with Crippen molar-refractivity contribution >= 4 is 5.97 Å². The number of rotatable bonds is 1. The van der Waals surface area contributed by atoms with Gasteiger partial charge in [0.05, 0.1) is 31.0 Å². The zero-order valence-corrected chi connectivity index (χ0v) is 16.1. The van der Waals surface area contributed by atoms with Gasteiger partial charge in [-0.05, 0) is 61.5 Å². The van der Waals surface area contributed by atoms with Crippen molar-refractivity contribution in [1.82, 2.24) is 0 Å². The molecule has 0 amide bonds. The largest absolute Gasteiger partial charge is 0.469 e. The van der Waals surface area contributed by atoms with Crippen molar-refractivity contribution < 1.29 is 24.2 Å². The molecule has 8 unspecified atom stereocenters. The number of carbonyl (C=O) groups is 1. The van der Waals surface area contributed by atoms with Gasteiger partial charge in [0.2, 0.25) is 0 Å². The molecule has 1 aromatic rings. The molecule has 0 spiro atoms. The molecule has 2 saturated carbocycles. The molecule has 2 fully saturated rings. The lowest BCUT2D eigenvalue weighted by Crippen LogP contribution is -2.65. The maximum Gasteiger partial charge on any atom is 0.311 e. The van der Waals surface area contributed by atoms with Crippen LogP contribution in [0, 0.1) is 28.6 Å². The predicted octanol–water partition coefficient (Wildman–Crippen LogP) is 2.89. The zero-order chi connectivity index (χ0) is 18.9. The molecule has 1 heterocycles. The zero-order valence-electron chi connectivity index (χ0n) is 16.1. The van der Waals surface area contributed by atoms with E-state index in [4.69, 9.17) is 9.15 Å². The van der Waals surface area contributed by atoms with Gasteiger partial charge in [0, 0.05) is 11.8 Å². The summed E-state index contributed by atoms with van der Waals surface area (Å²) in [5.41, 5.74) is 0.0407. The number of esters is 1. The Labute approximate surface area is 154 Å². The molecule has 4 rings (SSSR count). The van der Waals surface area contributed by atoms with Crippen molar-refractivity contribution in [2.45, 2.75) is 64.6 Å². The normalized spacial score (nSPS) is 47.5. The Balaban J connectivity index is 1.82. The van der Waals surface area contributed by atoms with E-state index in [0.29, 0.717) is 25.7 Å². The van der Waals surface area contributed by atoms with E-state index < -0.39 is 23.0 Å². The number of hydrogen-bond donors (Lipinski definition) is 2. The standard InChI is InChI=1S/C21H30O5/c1-11-12-6-8-26-15(12)9-13-18(11)14(22)10-16-20(2,19(24)25-4)7-5-17(23)21(13,16)3/h6,8,11,13-14,16-18,22-23H,5,7,9-10H2,1-4H3. The fraction of sp³-hybridized carbons (Fsp3) is 0.762. The van der Waals surface area contributed by atoms with Crippen LogP contribution in [0.1, 0.15) is 57.3 Å². The van der Waals surface area contributed by atoms with E-state index in [9.17, 15) is 15.0 Å². The Hall–Kier alpha value is -1.33. The van der Waals surface area contributed by atoms with Gasteiger partial charge in [-0.1, -0.05) is 13.8 Å². The van der Waals surface area contributed by atoms with Crippen molar-refractivity contribution in [3.63, 3.8) is 0 Å². The molecule has 0 aromatic carbocycles. The van der Waals surface area contributed by atoms with Crippen molar-refractivity contribution in [3.05, 3.63) is 23.7 Å². The van der Waals surface area contributed by atoms with Crippen LogP contribution in [0.4, 0.5) is 0 Å². The number of methoxy groups -OCH3 is 1. The summed E-state index contributed by atoms with van der Waals surface area (Å²) in [6.45, 7) is 6.21. The topological polar surface area (TPSA) is 79.9 Å². The first kappa shape index (κ1) is 18.1. The monoisotopic (exact) mass is 362 g/mol. The Kier molecular flexibility index (Phi) is 4.05. The van der Waals surface area contributed by atoms with Crippen molar-refractivity contribution in [2.75, 3.05) is 7.11 Å². The molecule has 26 heavy (non-hydrogen) atoms. The first-order valence-electron chi connectivity index (χ1n) is 9.76. The number of furan rings is 1. The minimum Gasteiger partial charge on any atom is -0.469 e. The van der Waals surface area contributed by atoms with E-state index in [-0.39, 0.29) is 29.6 Å². The van der Waals surface area contributed by atoms with E-state index in [0.717, 1.165) is 5.76 Å². The number of carbonyl (C=O) groups excluding carboxylic acids is 1. The van der Waals surface area contributed by atoms with Crippen LogP contribution in [0.25, 0.3) is 0 Å².